The van der Waals surface area contributed by atoms with Gasteiger partial charge in [0.2, 0.25) is 5.91 Å². The van der Waals surface area contributed by atoms with Gasteiger partial charge in [0.25, 0.3) is 5.91 Å². The summed E-state index contributed by atoms with van der Waals surface area (Å²) in [5.74, 6) is -1.45. The monoisotopic (exact) mass is 402 g/mol. The number of benzene rings is 2. The first kappa shape index (κ1) is 19.9. The van der Waals surface area contributed by atoms with Crippen LogP contribution in [0.5, 0.6) is 5.75 Å². The minimum atomic E-state index is -3.06. The predicted molar refractivity (Wildman–Crippen MR) is 93.7 cm³/mol. The Labute approximate surface area is 158 Å². The molecule has 2 aromatic carbocycles. The quantitative estimate of drug-likeness (QED) is 0.742. The summed E-state index contributed by atoms with van der Waals surface area (Å²) in [4.78, 5) is 23.9. The van der Waals surface area contributed by atoms with Crippen molar-refractivity contribution in [2.24, 2.45) is 0 Å². The van der Waals surface area contributed by atoms with E-state index in [0.29, 0.717) is 15.6 Å². The number of hydrogen-bond acceptors (Lipinski definition) is 3. The van der Waals surface area contributed by atoms with Crippen molar-refractivity contribution in [1.82, 2.24) is 10.6 Å². The molecule has 2 aromatic rings. The van der Waals surface area contributed by atoms with Crippen molar-refractivity contribution < 1.29 is 23.1 Å². The van der Waals surface area contributed by atoms with Crippen LogP contribution in [-0.4, -0.2) is 25.0 Å². The second kappa shape index (κ2) is 9.35. The van der Waals surface area contributed by atoms with Crippen LogP contribution in [0.15, 0.2) is 42.5 Å². The number of carbonyl (C=O) groups is 2. The summed E-state index contributed by atoms with van der Waals surface area (Å²) >= 11 is 11.8. The summed E-state index contributed by atoms with van der Waals surface area (Å²) in [6, 6.07) is 10.4. The molecule has 0 aliphatic heterocycles. The first-order valence-electron chi connectivity index (χ1n) is 7.39. The van der Waals surface area contributed by atoms with Crippen molar-refractivity contribution in [1.29, 1.82) is 0 Å². The molecule has 0 fully saturated rings. The number of alkyl halides is 2. The molecule has 2 amide bonds. The smallest absolute Gasteiger partial charge is 0.387 e. The lowest BCUT2D eigenvalue weighted by molar-refractivity contribution is -0.120. The Morgan fingerprint density at radius 1 is 1.08 bits per heavy atom. The highest BCUT2D eigenvalue weighted by Crippen LogP contribution is 2.21. The molecule has 0 saturated heterocycles. The topological polar surface area (TPSA) is 67.4 Å². The predicted octanol–water partition coefficient (Wildman–Crippen LogP) is 3.64. The lowest BCUT2D eigenvalue weighted by atomic mass is 10.2. The van der Waals surface area contributed by atoms with Gasteiger partial charge in [-0.25, -0.2) is 0 Å². The minimum absolute atomic E-state index is 0.0960. The zero-order chi connectivity index (χ0) is 19.1. The van der Waals surface area contributed by atoms with Crippen molar-refractivity contribution in [2.45, 2.75) is 13.2 Å². The van der Waals surface area contributed by atoms with Crippen LogP contribution in [0.2, 0.25) is 10.0 Å². The molecular weight excluding hydrogens is 389 g/mol. The van der Waals surface area contributed by atoms with Gasteiger partial charge in [0.1, 0.15) is 5.75 Å². The van der Waals surface area contributed by atoms with Crippen LogP contribution in [0.1, 0.15) is 15.9 Å². The molecule has 26 heavy (non-hydrogen) atoms. The molecule has 0 aliphatic carbocycles. The van der Waals surface area contributed by atoms with E-state index in [0.717, 1.165) is 0 Å². The van der Waals surface area contributed by atoms with Gasteiger partial charge in [-0.15, -0.1) is 0 Å². The van der Waals surface area contributed by atoms with Crippen LogP contribution in [-0.2, 0) is 11.3 Å². The molecule has 0 atom stereocenters. The summed E-state index contributed by atoms with van der Waals surface area (Å²) in [5.41, 5.74) is 0.563. The molecular formula is C17H14Cl2F2N2O3. The van der Waals surface area contributed by atoms with Crippen molar-refractivity contribution in [2.75, 3.05) is 6.54 Å². The molecule has 0 radical (unpaired) electrons. The molecule has 0 saturated carbocycles. The van der Waals surface area contributed by atoms with Crippen LogP contribution in [0.3, 0.4) is 0 Å². The molecule has 0 unspecified atom stereocenters. The summed E-state index contributed by atoms with van der Waals surface area (Å²) in [6.45, 7) is -3.25. The highest BCUT2D eigenvalue weighted by Gasteiger charge is 2.16. The average Bonchev–Trinajstić information content (AvgIpc) is 2.59. The zero-order valence-electron chi connectivity index (χ0n) is 13.3. The summed E-state index contributed by atoms with van der Waals surface area (Å²) in [5, 5.41) is 5.80. The number of ether oxygens (including phenoxy) is 1. The van der Waals surface area contributed by atoms with Gasteiger partial charge >= 0.3 is 6.61 Å². The second-order valence-electron chi connectivity index (χ2n) is 5.07. The van der Waals surface area contributed by atoms with Crippen LogP contribution >= 0.6 is 23.2 Å². The number of halogens is 4. The number of rotatable bonds is 7. The Hall–Kier alpha value is -2.38. The third-order valence-electron chi connectivity index (χ3n) is 3.25. The largest absolute Gasteiger partial charge is 0.434 e. The number of nitrogens with one attached hydrogen (secondary N) is 2. The van der Waals surface area contributed by atoms with Gasteiger partial charge in [-0.2, -0.15) is 8.78 Å². The lowest BCUT2D eigenvalue weighted by Gasteiger charge is -2.11. The standard InChI is InChI=1S/C17H14Cl2F2N2O3/c18-11-6-5-10(13(19)7-11)8-22-15(24)9-23-16(25)12-3-1-2-4-14(12)26-17(20)21/h1-7,17H,8-9H2,(H,22,24)(H,23,25). The first-order chi connectivity index (χ1) is 12.4. The van der Waals surface area contributed by atoms with Crippen LogP contribution in [0.4, 0.5) is 8.78 Å². The number of hydrogen-bond donors (Lipinski definition) is 2. The van der Waals surface area contributed by atoms with E-state index in [-0.39, 0.29) is 24.4 Å². The Kier molecular flexibility index (Phi) is 7.17. The molecule has 0 spiro atoms. The molecule has 9 heteroatoms. The van der Waals surface area contributed by atoms with E-state index in [1.54, 1.807) is 18.2 Å². The highest BCUT2D eigenvalue weighted by molar-refractivity contribution is 6.35. The van der Waals surface area contributed by atoms with E-state index in [1.165, 1.54) is 24.3 Å². The third-order valence-corrected chi connectivity index (χ3v) is 3.84. The first-order valence-corrected chi connectivity index (χ1v) is 8.15. The Morgan fingerprint density at radius 3 is 2.50 bits per heavy atom. The van der Waals surface area contributed by atoms with E-state index in [1.807, 2.05) is 0 Å². The fraction of sp³-hybridized carbons (Fsp3) is 0.176. The van der Waals surface area contributed by atoms with Gasteiger partial charge in [0.05, 0.1) is 12.1 Å². The van der Waals surface area contributed by atoms with Gasteiger partial charge < -0.3 is 15.4 Å². The van der Waals surface area contributed by atoms with Crippen molar-refractivity contribution >= 4 is 35.0 Å². The van der Waals surface area contributed by atoms with Gasteiger partial charge in [-0.05, 0) is 29.8 Å². The van der Waals surface area contributed by atoms with Gasteiger partial charge in [0.15, 0.2) is 0 Å². The summed E-state index contributed by atoms with van der Waals surface area (Å²) < 4.78 is 29.0. The van der Waals surface area contributed by atoms with Crippen LogP contribution in [0, 0.1) is 0 Å². The highest BCUT2D eigenvalue weighted by atomic mass is 35.5. The fourth-order valence-corrected chi connectivity index (χ4v) is 2.51. The molecule has 138 valence electrons. The van der Waals surface area contributed by atoms with Crippen molar-refractivity contribution in [3.05, 3.63) is 63.6 Å². The van der Waals surface area contributed by atoms with E-state index >= 15 is 0 Å². The fourth-order valence-electron chi connectivity index (χ4n) is 2.03. The van der Waals surface area contributed by atoms with Crippen molar-refractivity contribution in [3.63, 3.8) is 0 Å². The van der Waals surface area contributed by atoms with E-state index < -0.39 is 18.4 Å². The Bertz CT molecular complexity index is 803. The maximum absolute atomic E-state index is 12.4. The number of amides is 2. The van der Waals surface area contributed by atoms with Gasteiger partial charge in [-0.3, -0.25) is 9.59 Å². The van der Waals surface area contributed by atoms with Crippen LogP contribution in [0.25, 0.3) is 0 Å². The molecule has 2 N–H and O–H groups in total. The van der Waals surface area contributed by atoms with Crippen LogP contribution < -0.4 is 15.4 Å². The second-order valence-corrected chi connectivity index (χ2v) is 5.91. The van der Waals surface area contributed by atoms with Crippen molar-refractivity contribution in [3.8, 4) is 5.75 Å². The van der Waals surface area contributed by atoms with E-state index in [9.17, 15) is 18.4 Å². The molecule has 0 aliphatic rings. The Balaban J connectivity index is 1.88. The Morgan fingerprint density at radius 2 is 1.81 bits per heavy atom. The van der Waals surface area contributed by atoms with Gasteiger partial charge in [-0.1, -0.05) is 41.4 Å². The molecule has 5 nitrogen and oxygen atoms in total. The summed E-state index contributed by atoms with van der Waals surface area (Å²) in [6.07, 6.45) is 0. The van der Waals surface area contributed by atoms with Gasteiger partial charge in [0, 0.05) is 16.6 Å². The SMILES string of the molecule is O=C(CNC(=O)c1ccccc1OC(F)F)NCc1ccc(Cl)cc1Cl. The molecule has 0 heterocycles. The van der Waals surface area contributed by atoms with E-state index in [2.05, 4.69) is 15.4 Å². The normalized spacial score (nSPS) is 10.5. The summed E-state index contributed by atoms with van der Waals surface area (Å²) in [7, 11) is 0. The average molecular weight is 403 g/mol. The number of para-hydroxylation sites is 1. The molecule has 0 bridgehead atoms. The zero-order valence-corrected chi connectivity index (χ0v) is 14.8. The molecule has 2 rings (SSSR count). The number of carbonyl (C=O) groups excluding carboxylic acids is 2. The maximum atomic E-state index is 12.4. The molecule has 0 aromatic heterocycles. The lowest BCUT2D eigenvalue weighted by Crippen LogP contribution is -2.36. The maximum Gasteiger partial charge on any atom is 0.387 e. The minimum Gasteiger partial charge on any atom is -0.434 e. The third kappa shape index (κ3) is 5.86. The van der Waals surface area contributed by atoms with E-state index in [4.69, 9.17) is 23.2 Å².